The van der Waals surface area contributed by atoms with E-state index in [-0.39, 0.29) is 12.3 Å². The van der Waals surface area contributed by atoms with E-state index in [0.717, 1.165) is 0 Å². The molecule has 1 aliphatic rings. The van der Waals surface area contributed by atoms with Crippen LogP contribution in [0.4, 0.5) is 13.2 Å². The van der Waals surface area contributed by atoms with E-state index in [9.17, 15) is 13.2 Å². The normalized spacial score (nSPS) is 33.8. The summed E-state index contributed by atoms with van der Waals surface area (Å²) in [5.41, 5.74) is 0. The van der Waals surface area contributed by atoms with E-state index < -0.39 is 12.1 Å². The van der Waals surface area contributed by atoms with E-state index in [4.69, 9.17) is 0 Å². The Bertz CT molecular complexity index is 132. The van der Waals surface area contributed by atoms with E-state index in [0.29, 0.717) is 13.1 Å². The fraction of sp³-hybridized carbons (Fsp3) is 1.00. The van der Waals surface area contributed by atoms with E-state index in [1.807, 2.05) is 0 Å². The number of nitrogens with one attached hydrogen (secondary N) is 1. The maximum absolute atomic E-state index is 12.2. The Balaban J connectivity index is 2.55. The highest BCUT2D eigenvalue weighted by molar-refractivity contribution is 4.79. The average molecular weight is 167 g/mol. The van der Waals surface area contributed by atoms with Crippen LogP contribution in [0.1, 0.15) is 13.3 Å². The molecule has 1 fully saturated rings. The Morgan fingerprint density at radius 1 is 1.36 bits per heavy atom. The van der Waals surface area contributed by atoms with Crippen LogP contribution in [-0.2, 0) is 0 Å². The molecule has 1 nitrogen and oxygen atoms in total. The van der Waals surface area contributed by atoms with Crippen molar-refractivity contribution in [3.63, 3.8) is 0 Å². The molecule has 0 bridgehead atoms. The van der Waals surface area contributed by atoms with Crippen LogP contribution >= 0.6 is 0 Å². The Morgan fingerprint density at radius 2 is 2.00 bits per heavy atom. The van der Waals surface area contributed by atoms with E-state index in [2.05, 4.69) is 5.32 Å². The number of halogens is 3. The van der Waals surface area contributed by atoms with Crippen molar-refractivity contribution < 1.29 is 13.2 Å². The van der Waals surface area contributed by atoms with E-state index in [1.165, 1.54) is 0 Å². The van der Waals surface area contributed by atoms with Crippen LogP contribution in [0.25, 0.3) is 0 Å². The van der Waals surface area contributed by atoms with Crippen LogP contribution in [0.15, 0.2) is 0 Å². The summed E-state index contributed by atoms with van der Waals surface area (Å²) in [6.07, 6.45) is -3.77. The molecule has 66 valence electrons. The lowest BCUT2D eigenvalue weighted by Crippen LogP contribution is -2.41. The number of hydrogen-bond donors (Lipinski definition) is 1. The quantitative estimate of drug-likeness (QED) is 0.580. The van der Waals surface area contributed by atoms with Crippen LogP contribution in [0.3, 0.4) is 0 Å². The maximum atomic E-state index is 12.2. The van der Waals surface area contributed by atoms with Crippen molar-refractivity contribution in [2.24, 2.45) is 11.8 Å². The Morgan fingerprint density at radius 3 is 2.36 bits per heavy atom. The number of alkyl halides is 3. The van der Waals surface area contributed by atoms with Crippen molar-refractivity contribution in [2.45, 2.75) is 19.5 Å². The third kappa shape index (κ3) is 2.09. The van der Waals surface area contributed by atoms with Gasteiger partial charge in [-0.3, -0.25) is 0 Å². The second-order valence-electron chi connectivity index (χ2n) is 3.12. The van der Waals surface area contributed by atoms with Gasteiger partial charge in [-0.25, -0.2) is 0 Å². The van der Waals surface area contributed by atoms with Gasteiger partial charge in [0.25, 0.3) is 0 Å². The van der Waals surface area contributed by atoms with Crippen LogP contribution in [-0.4, -0.2) is 19.3 Å². The van der Waals surface area contributed by atoms with Gasteiger partial charge in [0.1, 0.15) is 0 Å². The first-order valence-corrected chi connectivity index (χ1v) is 3.79. The fourth-order valence-corrected chi connectivity index (χ4v) is 1.50. The number of piperidine rings is 1. The summed E-state index contributed by atoms with van der Waals surface area (Å²) in [5, 5.41) is 2.94. The lowest BCUT2D eigenvalue weighted by atomic mass is 9.87. The third-order valence-corrected chi connectivity index (χ3v) is 2.21. The van der Waals surface area contributed by atoms with Crippen molar-refractivity contribution in [2.75, 3.05) is 13.1 Å². The molecule has 0 spiro atoms. The summed E-state index contributed by atoms with van der Waals surface area (Å²) in [4.78, 5) is 0. The van der Waals surface area contributed by atoms with Crippen LogP contribution in [0.2, 0.25) is 0 Å². The predicted molar refractivity (Wildman–Crippen MR) is 36.2 cm³/mol. The monoisotopic (exact) mass is 167 g/mol. The minimum atomic E-state index is -4.00. The lowest BCUT2D eigenvalue weighted by molar-refractivity contribution is -0.192. The molecule has 11 heavy (non-hydrogen) atoms. The molecule has 0 aliphatic carbocycles. The molecular weight excluding hydrogens is 155 g/mol. The largest absolute Gasteiger partial charge is 0.392 e. The highest BCUT2D eigenvalue weighted by atomic mass is 19.4. The minimum absolute atomic E-state index is 0.227. The molecule has 0 unspecified atom stereocenters. The minimum Gasteiger partial charge on any atom is -0.316 e. The molecule has 0 amide bonds. The van der Waals surface area contributed by atoms with Gasteiger partial charge < -0.3 is 5.32 Å². The van der Waals surface area contributed by atoms with Gasteiger partial charge >= 0.3 is 6.18 Å². The molecule has 0 aromatic carbocycles. The van der Waals surface area contributed by atoms with E-state index in [1.54, 1.807) is 6.92 Å². The van der Waals surface area contributed by atoms with E-state index >= 15 is 0 Å². The van der Waals surface area contributed by atoms with Crippen molar-refractivity contribution in [3.05, 3.63) is 0 Å². The van der Waals surface area contributed by atoms with Crippen LogP contribution in [0.5, 0.6) is 0 Å². The first-order valence-electron chi connectivity index (χ1n) is 3.79. The molecular formula is C7H12F3N. The van der Waals surface area contributed by atoms with Gasteiger partial charge in [0.05, 0.1) is 5.92 Å². The Hall–Kier alpha value is -0.250. The van der Waals surface area contributed by atoms with Gasteiger partial charge in [-0.05, 0) is 25.4 Å². The molecule has 1 heterocycles. The van der Waals surface area contributed by atoms with Gasteiger partial charge in [0.15, 0.2) is 0 Å². The van der Waals surface area contributed by atoms with Crippen molar-refractivity contribution in [1.29, 1.82) is 0 Å². The van der Waals surface area contributed by atoms with Gasteiger partial charge in [-0.1, -0.05) is 6.92 Å². The molecule has 0 aromatic heterocycles. The maximum Gasteiger partial charge on any atom is 0.392 e. The number of hydrogen-bond acceptors (Lipinski definition) is 1. The Kier molecular flexibility index (Phi) is 2.42. The Labute approximate surface area is 64.0 Å². The van der Waals surface area contributed by atoms with Gasteiger partial charge in [0, 0.05) is 0 Å². The summed E-state index contributed by atoms with van der Waals surface area (Å²) in [6.45, 7) is 2.63. The molecule has 0 saturated carbocycles. The molecule has 0 aromatic rings. The smallest absolute Gasteiger partial charge is 0.316 e. The van der Waals surface area contributed by atoms with Crippen molar-refractivity contribution in [1.82, 2.24) is 5.32 Å². The fourth-order valence-electron chi connectivity index (χ4n) is 1.50. The number of rotatable bonds is 0. The second-order valence-corrected chi connectivity index (χ2v) is 3.12. The first-order chi connectivity index (χ1) is 5.02. The highest BCUT2D eigenvalue weighted by Crippen LogP contribution is 2.35. The van der Waals surface area contributed by atoms with Gasteiger partial charge in [-0.2, -0.15) is 13.2 Å². The van der Waals surface area contributed by atoms with Crippen LogP contribution < -0.4 is 5.32 Å². The molecule has 2 atom stereocenters. The second kappa shape index (κ2) is 3.01. The standard InChI is InChI=1S/C7H12F3N/c1-5-4-11-3-2-6(5)7(8,9)10/h5-6,11H,2-4H2,1H3/t5-,6+/m1/s1. The molecule has 0 radical (unpaired) electrons. The summed E-state index contributed by atoms with van der Waals surface area (Å²) >= 11 is 0. The molecule has 1 aliphatic heterocycles. The highest BCUT2D eigenvalue weighted by Gasteiger charge is 2.43. The topological polar surface area (TPSA) is 12.0 Å². The zero-order chi connectivity index (χ0) is 8.48. The lowest BCUT2D eigenvalue weighted by Gasteiger charge is -2.30. The summed E-state index contributed by atoms with van der Waals surface area (Å²) in [7, 11) is 0. The first kappa shape index (κ1) is 8.84. The molecule has 1 saturated heterocycles. The predicted octanol–water partition coefficient (Wildman–Crippen LogP) is 1.79. The van der Waals surface area contributed by atoms with Gasteiger partial charge in [0.2, 0.25) is 0 Å². The zero-order valence-corrected chi connectivity index (χ0v) is 6.41. The molecule has 1 rings (SSSR count). The summed E-state index contributed by atoms with van der Waals surface area (Å²) in [6, 6.07) is 0. The third-order valence-electron chi connectivity index (χ3n) is 2.21. The molecule has 1 N–H and O–H groups in total. The van der Waals surface area contributed by atoms with Crippen molar-refractivity contribution >= 4 is 0 Å². The van der Waals surface area contributed by atoms with Crippen LogP contribution in [0, 0.1) is 11.8 Å². The van der Waals surface area contributed by atoms with Gasteiger partial charge in [-0.15, -0.1) is 0 Å². The van der Waals surface area contributed by atoms with Crippen molar-refractivity contribution in [3.8, 4) is 0 Å². The SMILES string of the molecule is C[C@@H]1CNCC[C@@H]1C(F)(F)F. The average Bonchev–Trinajstić information content (AvgIpc) is 1.86. The summed E-state index contributed by atoms with van der Waals surface area (Å²) < 4.78 is 36.5. The molecule has 4 heteroatoms. The zero-order valence-electron chi connectivity index (χ0n) is 6.41. The summed E-state index contributed by atoms with van der Waals surface area (Å²) in [5.74, 6) is -1.37.